The van der Waals surface area contributed by atoms with Crippen LogP contribution in [0, 0.1) is 27.3 Å². The lowest BCUT2D eigenvalue weighted by molar-refractivity contribution is -0.528. The summed E-state index contributed by atoms with van der Waals surface area (Å²) in [5.74, 6) is -1.52. The predicted molar refractivity (Wildman–Crippen MR) is 105 cm³/mol. The Kier molecular flexibility index (Phi) is 7.62. The molecule has 0 fully saturated rings. The average molecular weight is 442 g/mol. The van der Waals surface area contributed by atoms with Gasteiger partial charge < -0.3 is 4.74 Å². The monoisotopic (exact) mass is 441 g/mol. The second-order valence-electron chi connectivity index (χ2n) is 5.39. The van der Waals surface area contributed by atoms with Crippen LogP contribution in [0.5, 0.6) is 11.6 Å². The summed E-state index contributed by atoms with van der Waals surface area (Å²) in [6.45, 7) is 0. The van der Waals surface area contributed by atoms with Crippen molar-refractivity contribution in [3.05, 3.63) is 57.5 Å². The molecule has 1 aromatic carbocycles. The number of nitriles is 1. The fraction of sp³-hybridized carbons (Fsp3) is 0.235. The molecule has 1 atom stereocenters. The van der Waals surface area contributed by atoms with Crippen molar-refractivity contribution in [2.75, 3.05) is 17.8 Å². The van der Waals surface area contributed by atoms with Crippen molar-refractivity contribution in [2.24, 2.45) is 0 Å². The SMILES string of the molecule is CSCC(C#N)(C(=O)CSc1cccc(Oc2ncc(F)cc2Cl)c1)[N+](=O)[O-]. The third-order valence-corrected chi connectivity index (χ3v) is 5.45. The first-order chi connectivity index (χ1) is 13.3. The number of nitrogens with zero attached hydrogens (tertiary/aromatic N) is 3. The topological polar surface area (TPSA) is 106 Å². The van der Waals surface area contributed by atoms with E-state index in [1.165, 1.54) is 0 Å². The lowest BCUT2D eigenvalue weighted by Crippen LogP contribution is -2.48. The van der Waals surface area contributed by atoms with E-state index in [-0.39, 0.29) is 22.4 Å². The van der Waals surface area contributed by atoms with Crippen molar-refractivity contribution in [1.29, 1.82) is 5.26 Å². The first kappa shape index (κ1) is 21.9. The van der Waals surface area contributed by atoms with E-state index < -0.39 is 22.1 Å². The lowest BCUT2D eigenvalue weighted by atomic mass is 10.0. The number of ketones is 1. The van der Waals surface area contributed by atoms with Gasteiger partial charge in [-0.05, 0) is 30.5 Å². The van der Waals surface area contributed by atoms with E-state index in [9.17, 15) is 24.6 Å². The number of nitro groups is 1. The summed E-state index contributed by atoms with van der Waals surface area (Å²) in [4.78, 5) is 27.1. The van der Waals surface area contributed by atoms with Crippen molar-refractivity contribution >= 4 is 40.9 Å². The number of aromatic nitrogens is 1. The van der Waals surface area contributed by atoms with Gasteiger partial charge in [-0.3, -0.25) is 14.9 Å². The lowest BCUT2D eigenvalue weighted by Gasteiger charge is -2.15. The molecule has 0 aliphatic carbocycles. The van der Waals surface area contributed by atoms with Gasteiger partial charge in [0.1, 0.15) is 16.6 Å². The highest BCUT2D eigenvalue weighted by atomic mass is 35.5. The highest BCUT2D eigenvalue weighted by Crippen LogP contribution is 2.30. The molecule has 11 heteroatoms. The molecule has 0 saturated heterocycles. The van der Waals surface area contributed by atoms with Crippen LogP contribution in [-0.4, -0.2) is 39.0 Å². The number of rotatable bonds is 9. The van der Waals surface area contributed by atoms with E-state index in [0.717, 1.165) is 35.8 Å². The highest BCUT2D eigenvalue weighted by Gasteiger charge is 2.50. The third-order valence-electron chi connectivity index (χ3n) is 3.48. The van der Waals surface area contributed by atoms with Gasteiger partial charge in [0.25, 0.3) is 0 Å². The minimum absolute atomic E-state index is 0.00455. The van der Waals surface area contributed by atoms with E-state index in [2.05, 4.69) is 4.98 Å². The summed E-state index contributed by atoms with van der Waals surface area (Å²) in [6.07, 6.45) is 2.55. The van der Waals surface area contributed by atoms with Crippen molar-refractivity contribution in [3.63, 3.8) is 0 Å². The maximum atomic E-state index is 13.1. The largest absolute Gasteiger partial charge is 0.437 e. The Balaban J connectivity index is 2.11. The Hall–Kier alpha value is -2.35. The molecular formula is C17H13ClFN3O4S2. The van der Waals surface area contributed by atoms with Gasteiger partial charge in [0.2, 0.25) is 11.7 Å². The zero-order valence-electron chi connectivity index (χ0n) is 14.4. The van der Waals surface area contributed by atoms with Crippen LogP contribution in [0.3, 0.4) is 0 Å². The second-order valence-corrected chi connectivity index (χ2v) is 7.71. The Morgan fingerprint density at radius 2 is 2.25 bits per heavy atom. The molecule has 2 aromatic rings. The van der Waals surface area contributed by atoms with Crippen LogP contribution >= 0.6 is 35.1 Å². The Morgan fingerprint density at radius 1 is 1.50 bits per heavy atom. The molecule has 7 nitrogen and oxygen atoms in total. The first-order valence-corrected chi connectivity index (χ1v) is 10.4. The zero-order valence-corrected chi connectivity index (χ0v) is 16.8. The van der Waals surface area contributed by atoms with Gasteiger partial charge in [-0.2, -0.15) is 17.0 Å². The van der Waals surface area contributed by atoms with E-state index in [1.54, 1.807) is 36.6 Å². The van der Waals surface area contributed by atoms with Gasteiger partial charge in [0.15, 0.2) is 6.07 Å². The summed E-state index contributed by atoms with van der Waals surface area (Å²) >= 11 is 7.97. The second kappa shape index (κ2) is 9.73. The average Bonchev–Trinajstić information content (AvgIpc) is 2.66. The molecule has 0 spiro atoms. The van der Waals surface area contributed by atoms with Crippen LogP contribution in [0.15, 0.2) is 41.4 Å². The van der Waals surface area contributed by atoms with Crippen LogP contribution in [0.1, 0.15) is 0 Å². The number of halogens is 2. The molecule has 2 rings (SSSR count). The van der Waals surface area contributed by atoms with Crippen LogP contribution in [0.2, 0.25) is 5.02 Å². The molecule has 146 valence electrons. The van der Waals surface area contributed by atoms with Gasteiger partial charge in [-0.1, -0.05) is 17.7 Å². The molecule has 0 aliphatic rings. The number of hydrogen-bond donors (Lipinski definition) is 0. The molecule has 28 heavy (non-hydrogen) atoms. The molecule has 1 heterocycles. The van der Waals surface area contributed by atoms with Crippen molar-refractivity contribution in [1.82, 2.24) is 4.98 Å². The number of pyridine rings is 1. The van der Waals surface area contributed by atoms with Crippen LogP contribution < -0.4 is 4.74 Å². The standard InChI is InChI=1S/C17H13ClFN3O4S2/c1-27-10-17(9-20,22(24)25)15(23)8-28-13-4-2-3-12(6-13)26-16-14(18)5-11(19)7-21-16/h2-7H,8,10H2,1H3. The fourth-order valence-corrected chi connectivity index (χ4v) is 3.92. The summed E-state index contributed by atoms with van der Waals surface area (Å²) in [7, 11) is 0. The number of thioether (sulfide) groups is 2. The molecule has 0 amide bonds. The quantitative estimate of drug-likeness (QED) is 0.323. The maximum absolute atomic E-state index is 13.1. The number of ether oxygens (including phenoxy) is 1. The number of carbonyl (C=O) groups excluding carboxylic acids is 1. The van der Waals surface area contributed by atoms with Gasteiger partial charge in [-0.25, -0.2) is 9.37 Å². The van der Waals surface area contributed by atoms with E-state index in [1.807, 2.05) is 0 Å². The third kappa shape index (κ3) is 5.13. The number of carbonyl (C=O) groups is 1. The minimum atomic E-state index is -2.27. The number of hydrogen-bond acceptors (Lipinski definition) is 8. The van der Waals surface area contributed by atoms with Crippen molar-refractivity contribution in [3.8, 4) is 17.7 Å². The van der Waals surface area contributed by atoms with Gasteiger partial charge in [0, 0.05) is 4.90 Å². The Bertz CT molecular complexity index is 941. The minimum Gasteiger partial charge on any atom is -0.437 e. The predicted octanol–water partition coefficient (Wildman–Crippen LogP) is 4.23. The molecule has 0 N–H and O–H groups in total. The maximum Gasteiger partial charge on any atom is 0.371 e. The number of benzene rings is 1. The van der Waals surface area contributed by atoms with Crippen LogP contribution in [0.25, 0.3) is 0 Å². The summed E-state index contributed by atoms with van der Waals surface area (Å²) < 4.78 is 18.6. The fourth-order valence-electron chi connectivity index (χ4n) is 2.06. The first-order valence-electron chi connectivity index (χ1n) is 7.62. The molecule has 0 aliphatic heterocycles. The van der Waals surface area contributed by atoms with E-state index in [0.29, 0.717) is 10.6 Å². The van der Waals surface area contributed by atoms with Crippen molar-refractivity contribution < 1.29 is 18.8 Å². The van der Waals surface area contributed by atoms with Gasteiger partial charge in [-0.15, -0.1) is 11.8 Å². The Morgan fingerprint density at radius 3 is 2.86 bits per heavy atom. The zero-order chi connectivity index (χ0) is 20.7. The smallest absolute Gasteiger partial charge is 0.371 e. The molecule has 0 radical (unpaired) electrons. The number of Topliss-reactive ketones (excluding diaryl/α,β-unsaturated/α-hetero) is 1. The van der Waals surface area contributed by atoms with Gasteiger partial charge in [0.05, 0.1) is 22.6 Å². The normalized spacial score (nSPS) is 12.6. The molecule has 1 aromatic heterocycles. The van der Waals surface area contributed by atoms with Gasteiger partial charge >= 0.3 is 5.54 Å². The highest BCUT2D eigenvalue weighted by molar-refractivity contribution is 8.00. The Labute approximate surface area is 173 Å². The summed E-state index contributed by atoms with van der Waals surface area (Å²) in [6, 6.07) is 9.12. The van der Waals surface area contributed by atoms with Crippen molar-refractivity contribution in [2.45, 2.75) is 10.4 Å². The molecule has 0 saturated carbocycles. The summed E-state index contributed by atoms with van der Waals surface area (Å²) in [5.41, 5.74) is -2.27. The van der Waals surface area contributed by atoms with E-state index in [4.69, 9.17) is 16.3 Å². The molecular weight excluding hydrogens is 429 g/mol. The van der Waals surface area contributed by atoms with Crippen LogP contribution in [0.4, 0.5) is 4.39 Å². The van der Waals surface area contributed by atoms with E-state index >= 15 is 0 Å². The molecule has 1 unspecified atom stereocenters. The van der Waals surface area contributed by atoms with Crippen LogP contribution in [-0.2, 0) is 4.79 Å². The molecule has 0 bridgehead atoms. The summed E-state index contributed by atoms with van der Waals surface area (Å²) in [5, 5.41) is 20.5.